The largest absolute Gasteiger partial charge is 2.00 e. The SMILES string of the molecule is CN(C)c1cccc2c(S(=O)(=O)NCCC[N-]CCN)cccc12.[Pt+2]. The molecule has 2 aromatic carbocycles. The van der Waals surface area contributed by atoms with Crippen molar-refractivity contribution in [1.82, 2.24) is 4.72 Å². The van der Waals surface area contributed by atoms with Crippen LogP contribution >= 0.6 is 0 Å². The molecule has 0 bridgehead atoms. The van der Waals surface area contributed by atoms with Crippen molar-refractivity contribution in [2.45, 2.75) is 11.3 Å². The zero-order chi connectivity index (χ0) is 17.6. The summed E-state index contributed by atoms with van der Waals surface area (Å²) >= 11 is 0. The maximum Gasteiger partial charge on any atom is 2.00 e. The van der Waals surface area contributed by atoms with E-state index >= 15 is 0 Å². The summed E-state index contributed by atoms with van der Waals surface area (Å²) in [6, 6.07) is 11.1. The number of nitrogens with zero attached hydrogens (tertiary/aromatic N) is 2. The van der Waals surface area contributed by atoms with Crippen molar-refractivity contribution in [2.75, 3.05) is 45.2 Å². The number of hydrogen-bond donors (Lipinski definition) is 2. The van der Waals surface area contributed by atoms with Crippen molar-refractivity contribution < 1.29 is 29.5 Å². The molecular weight excluding hydrogens is 519 g/mol. The fourth-order valence-corrected chi connectivity index (χ4v) is 3.86. The third-order valence-electron chi connectivity index (χ3n) is 3.70. The standard InChI is InChI=1S/C17H25N4O2S.Pt/c1-21(2)16-8-3-7-15-14(16)6-4-9-17(15)24(22,23)20-12-5-11-19-13-10-18;/h3-4,6-9,20H,5,10-13,18H2,1-2H3;/q-1;+2. The van der Waals surface area contributed by atoms with Crippen LogP contribution < -0.4 is 15.4 Å². The Balaban J connectivity index is 0.00000312. The van der Waals surface area contributed by atoms with Crippen LogP contribution in [0.15, 0.2) is 41.3 Å². The summed E-state index contributed by atoms with van der Waals surface area (Å²) in [7, 11) is 0.330. The Bertz CT molecular complexity index is 781. The molecule has 0 amide bonds. The first-order valence-corrected chi connectivity index (χ1v) is 9.48. The molecule has 8 heteroatoms. The van der Waals surface area contributed by atoms with Crippen LogP contribution in [0.25, 0.3) is 16.1 Å². The normalized spacial score (nSPS) is 11.3. The molecule has 0 fully saturated rings. The average Bonchev–Trinajstić information content (AvgIpc) is 2.56. The minimum Gasteiger partial charge on any atom is -0.661 e. The van der Waals surface area contributed by atoms with Gasteiger partial charge in [-0.2, -0.15) is 0 Å². The van der Waals surface area contributed by atoms with Gasteiger partial charge in [0.2, 0.25) is 10.0 Å². The van der Waals surface area contributed by atoms with Crippen molar-refractivity contribution >= 4 is 26.5 Å². The minimum atomic E-state index is -3.56. The number of rotatable bonds is 9. The summed E-state index contributed by atoms with van der Waals surface area (Å²) in [5, 5.41) is 5.84. The summed E-state index contributed by atoms with van der Waals surface area (Å²) in [5.74, 6) is 0. The molecule has 0 aliphatic heterocycles. The summed E-state index contributed by atoms with van der Waals surface area (Å²) in [6.45, 7) is 2.11. The molecule has 0 saturated heterocycles. The van der Waals surface area contributed by atoms with Crippen LogP contribution in [0.2, 0.25) is 0 Å². The van der Waals surface area contributed by atoms with Crippen LogP contribution in [0.5, 0.6) is 0 Å². The molecule has 3 N–H and O–H groups in total. The van der Waals surface area contributed by atoms with Crippen molar-refractivity contribution in [2.24, 2.45) is 5.73 Å². The van der Waals surface area contributed by atoms with Crippen molar-refractivity contribution in [1.29, 1.82) is 0 Å². The first-order chi connectivity index (χ1) is 11.5. The fourth-order valence-electron chi connectivity index (χ4n) is 2.57. The minimum absolute atomic E-state index is 0. The fraction of sp³-hybridized carbons (Fsp3) is 0.412. The molecule has 0 aliphatic carbocycles. The molecule has 0 atom stereocenters. The Labute approximate surface area is 164 Å². The summed E-state index contributed by atoms with van der Waals surface area (Å²) in [5.41, 5.74) is 6.36. The molecule has 2 rings (SSSR count). The van der Waals surface area contributed by atoms with E-state index in [1.54, 1.807) is 12.1 Å². The second-order valence-corrected chi connectivity index (χ2v) is 7.47. The second-order valence-electron chi connectivity index (χ2n) is 5.73. The van der Waals surface area contributed by atoms with E-state index in [0.717, 1.165) is 16.5 Å². The van der Waals surface area contributed by atoms with Gasteiger partial charge in [-0.1, -0.05) is 30.7 Å². The Morgan fingerprint density at radius 1 is 1.08 bits per heavy atom. The van der Waals surface area contributed by atoms with E-state index in [4.69, 9.17) is 5.73 Å². The van der Waals surface area contributed by atoms with Crippen molar-refractivity contribution in [3.63, 3.8) is 0 Å². The van der Waals surface area contributed by atoms with E-state index in [2.05, 4.69) is 10.0 Å². The monoisotopic (exact) mass is 544 g/mol. The molecule has 0 aromatic heterocycles. The summed E-state index contributed by atoms with van der Waals surface area (Å²) < 4.78 is 27.9. The Morgan fingerprint density at radius 2 is 1.76 bits per heavy atom. The molecular formula is C17H25N4O2PtS+. The smallest absolute Gasteiger partial charge is 0.661 e. The number of sulfonamides is 1. The molecule has 0 unspecified atom stereocenters. The molecule has 0 radical (unpaired) electrons. The van der Waals surface area contributed by atoms with Crippen LogP contribution in [0.3, 0.4) is 0 Å². The predicted octanol–water partition coefficient (Wildman–Crippen LogP) is 1.90. The number of hydrogen-bond acceptors (Lipinski definition) is 4. The molecule has 0 saturated carbocycles. The van der Waals surface area contributed by atoms with Gasteiger partial charge in [-0.05, 0) is 18.7 Å². The van der Waals surface area contributed by atoms with Gasteiger partial charge in [-0.3, -0.25) is 0 Å². The molecule has 2 aromatic rings. The zero-order valence-corrected chi connectivity index (χ0v) is 17.6. The number of benzene rings is 2. The van der Waals surface area contributed by atoms with E-state index in [1.807, 2.05) is 43.3 Å². The van der Waals surface area contributed by atoms with Gasteiger partial charge in [-0.15, -0.1) is 13.1 Å². The Kier molecular flexibility index (Phi) is 9.03. The Hall–Kier alpha value is -0.982. The van der Waals surface area contributed by atoms with Gasteiger partial charge in [0, 0.05) is 37.1 Å². The zero-order valence-electron chi connectivity index (χ0n) is 14.5. The molecule has 0 heterocycles. The van der Waals surface area contributed by atoms with Crippen LogP contribution in [-0.4, -0.2) is 48.7 Å². The second kappa shape index (κ2) is 10.2. The van der Waals surface area contributed by atoms with Gasteiger partial charge < -0.3 is 16.0 Å². The van der Waals surface area contributed by atoms with Crippen LogP contribution in [-0.2, 0) is 31.1 Å². The van der Waals surface area contributed by atoms with Gasteiger partial charge in [0.15, 0.2) is 0 Å². The maximum absolute atomic E-state index is 12.6. The maximum atomic E-state index is 12.6. The summed E-state index contributed by atoms with van der Waals surface area (Å²) in [4.78, 5) is 2.29. The number of fused-ring (bicyclic) bond motifs is 1. The van der Waals surface area contributed by atoms with E-state index in [1.165, 1.54) is 0 Å². The topological polar surface area (TPSA) is 89.5 Å². The molecule has 0 spiro atoms. The number of nitrogens with two attached hydrogens (primary N) is 1. The van der Waals surface area contributed by atoms with E-state index in [0.29, 0.717) is 37.5 Å². The Morgan fingerprint density at radius 3 is 2.44 bits per heavy atom. The predicted molar refractivity (Wildman–Crippen MR) is 100 cm³/mol. The summed E-state index contributed by atoms with van der Waals surface area (Å²) in [6.07, 6.45) is 0.660. The van der Waals surface area contributed by atoms with E-state index in [-0.39, 0.29) is 21.1 Å². The quantitative estimate of drug-likeness (QED) is 0.472. The van der Waals surface area contributed by atoms with Crippen molar-refractivity contribution in [3.8, 4) is 0 Å². The third kappa shape index (κ3) is 5.76. The molecule has 25 heavy (non-hydrogen) atoms. The van der Waals surface area contributed by atoms with Crippen LogP contribution in [0.4, 0.5) is 5.69 Å². The third-order valence-corrected chi connectivity index (χ3v) is 5.22. The van der Waals surface area contributed by atoms with Gasteiger partial charge >= 0.3 is 21.1 Å². The number of nitrogens with one attached hydrogen (secondary N) is 1. The van der Waals surface area contributed by atoms with Gasteiger partial charge in [-0.25, -0.2) is 13.1 Å². The van der Waals surface area contributed by atoms with E-state index < -0.39 is 10.0 Å². The average molecular weight is 545 g/mol. The van der Waals surface area contributed by atoms with Gasteiger partial charge in [0.25, 0.3) is 0 Å². The van der Waals surface area contributed by atoms with Gasteiger partial charge in [0.05, 0.1) is 4.90 Å². The van der Waals surface area contributed by atoms with Crippen LogP contribution in [0, 0.1) is 0 Å². The first kappa shape index (κ1) is 22.1. The number of anilines is 1. The van der Waals surface area contributed by atoms with Crippen molar-refractivity contribution in [3.05, 3.63) is 41.7 Å². The van der Waals surface area contributed by atoms with Crippen LogP contribution in [0.1, 0.15) is 6.42 Å². The molecule has 0 aliphatic rings. The van der Waals surface area contributed by atoms with E-state index in [9.17, 15) is 8.42 Å². The first-order valence-electron chi connectivity index (χ1n) is 7.99. The molecule has 6 nitrogen and oxygen atoms in total. The molecule has 140 valence electrons. The van der Waals surface area contributed by atoms with Gasteiger partial charge in [0.1, 0.15) is 0 Å².